The minimum absolute atomic E-state index is 1.17. The number of hydrogen-bond acceptors (Lipinski definition) is 0. The van der Waals surface area contributed by atoms with Gasteiger partial charge in [-0.25, -0.2) is 0 Å². The molecule has 1 aliphatic carbocycles. The van der Waals surface area contributed by atoms with Crippen LogP contribution in [0.4, 0.5) is 0 Å². The Labute approximate surface area is 188 Å². The van der Waals surface area contributed by atoms with Crippen molar-refractivity contribution in [1.29, 1.82) is 0 Å². The zero-order chi connectivity index (χ0) is 20.5. The van der Waals surface area contributed by atoms with Gasteiger partial charge in [-0.05, 0) is 81.6 Å². The summed E-state index contributed by atoms with van der Waals surface area (Å²) in [5.41, 5.74) is 7.98. The Balaban J connectivity index is 1.69. The van der Waals surface area contributed by atoms with E-state index in [0.717, 1.165) is 0 Å². The Morgan fingerprint density at radius 2 is 0.806 bits per heavy atom. The highest BCUT2D eigenvalue weighted by molar-refractivity contribution is 9.10. The molecule has 0 nitrogen and oxygen atoms in total. The van der Waals surface area contributed by atoms with E-state index in [1.807, 2.05) is 0 Å². The normalized spacial score (nSPS) is 12.0. The van der Waals surface area contributed by atoms with E-state index in [4.69, 9.17) is 0 Å². The lowest BCUT2D eigenvalue weighted by Gasteiger charge is -2.17. The van der Waals surface area contributed by atoms with E-state index in [-0.39, 0.29) is 0 Å². The van der Waals surface area contributed by atoms with Gasteiger partial charge in [0.25, 0.3) is 0 Å². The predicted molar refractivity (Wildman–Crippen MR) is 137 cm³/mol. The van der Waals surface area contributed by atoms with Crippen LogP contribution in [-0.4, -0.2) is 0 Å². The van der Waals surface area contributed by atoms with Crippen LogP contribution in [0.25, 0.3) is 65.7 Å². The summed E-state index contributed by atoms with van der Waals surface area (Å²) in [6.45, 7) is 0. The number of hydrogen-bond donors (Lipinski definition) is 0. The first kappa shape index (κ1) is 17.3. The molecule has 0 saturated carbocycles. The third-order valence-corrected chi connectivity index (χ3v) is 7.54. The van der Waals surface area contributed by atoms with Crippen LogP contribution in [-0.2, 0) is 0 Å². The molecule has 6 aromatic carbocycles. The van der Waals surface area contributed by atoms with Crippen molar-refractivity contribution in [2.75, 3.05) is 0 Å². The third-order valence-electron chi connectivity index (χ3n) is 6.68. The Bertz CT molecular complexity index is 1600. The van der Waals surface area contributed by atoms with Crippen LogP contribution in [0.15, 0.2) is 108 Å². The summed E-state index contributed by atoms with van der Waals surface area (Å²) in [5, 5.41) is 7.76. The van der Waals surface area contributed by atoms with Crippen molar-refractivity contribution in [2.24, 2.45) is 0 Å². The fourth-order valence-corrected chi connectivity index (χ4v) is 6.08. The molecule has 0 atom stereocenters. The number of fused-ring (bicyclic) bond motifs is 5. The fraction of sp³-hybridized carbons (Fsp3) is 0. The second kappa shape index (κ2) is 6.29. The number of rotatable bonds is 1. The molecule has 1 aliphatic rings. The van der Waals surface area contributed by atoms with Crippen LogP contribution in [0.1, 0.15) is 0 Å². The maximum absolute atomic E-state index is 3.89. The molecular formula is C30H17Br. The third kappa shape index (κ3) is 2.24. The first-order valence-electron chi connectivity index (χ1n) is 10.6. The van der Waals surface area contributed by atoms with E-state index in [0.29, 0.717) is 0 Å². The van der Waals surface area contributed by atoms with E-state index in [9.17, 15) is 0 Å². The summed E-state index contributed by atoms with van der Waals surface area (Å²) in [5.74, 6) is 0. The zero-order valence-electron chi connectivity index (χ0n) is 16.7. The highest BCUT2D eigenvalue weighted by Crippen LogP contribution is 2.51. The van der Waals surface area contributed by atoms with Gasteiger partial charge in [0.1, 0.15) is 0 Å². The lowest BCUT2D eigenvalue weighted by molar-refractivity contribution is 1.69. The SMILES string of the molecule is Brc1c2ccccc2c(-c2ccc3c4c(cccc24)-c2ccccc2-3)c2ccccc12. The lowest BCUT2D eigenvalue weighted by Crippen LogP contribution is -1.89. The Morgan fingerprint density at radius 3 is 1.45 bits per heavy atom. The average molecular weight is 457 g/mol. The van der Waals surface area contributed by atoms with E-state index in [1.54, 1.807) is 0 Å². The smallest absolute Gasteiger partial charge is 0.0332 e. The molecule has 0 amide bonds. The molecule has 0 radical (unpaired) electrons. The molecule has 0 unspecified atom stereocenters. The second-order valence-electron chi connectivity index (χ2n) is 8.21. The molecule has 7 rings (SSSR count). The predicted octanol–water partition coefficient (Wildman–Crippen LogP) is 9.22. The van der Waals surface area contributed by atoms with Crippen molar-refractivity contribution in [3.8, 4) is 33.4 Å². The van der Waals surface area contributed by atoms with Gasteiger partial charge in [0.15, 0.2) is 0 Å². The zero-order valence-corrected chi connectivity index (χ0v) is 18.3. The van der Waals surface area contributed by atoms with Gasteiger partial charge in [-0.15, -0.1) is 0 Å². The van der Waals surface area contributed by atoms with E-state index in [1.165, 1.54) is 70.2 Å². The first-order valence-corrected chi connectivity index (χ1v) is 11.4. The maximum Gasteiger partial charge on any atom is 0.0332 e. The van der Waals surface area contributed by atoms with E-state index in [2.05, 4.69) is 119 Å². The summed E-state index contributed by atoms with van der Waals surface area (Å²) in [6, 6.07) is 37.6. The molecule has 0 aliphatic heterocycles. The van der Waals surface area contributed by atoms with Gasteiger partial charge in [-0.2, -0.15) is 0 Å². The van der Waals surface area contributed by atoms with Crippen LogP contribution in [0.2, 0.25) is 0 Å². The highest BCUT2D eigenvalue weighted by atomic mass is 79.9. The van der Waals surface area contributed by atoms with Crippen molar-refractivity contribution in [3.63, 3.8) is 0 Å². The molecule has 0 spiro atoms. The number of halogens is 1. The summed E-state index contributed by atoms with van der Waals surface area (Å²) in [6.07, 6.45) is 0. The molecule has 0 bridgehead atoms. The summed E-state index contributed by atoms with van der Waals surface area (Å²) >= 11 is 3.89. The van der Waals surface area contributed by atoms with Crippen LogP contribution in [0, 0.1) is 0 Å². The highest BCUT2D eigenvalue weighted by Gasteiger charge is 2.23. The van der Waals surface area contributed by atoms with Crippen molar-refractivity contribution < 1.29 is 0 Å². The second-order valence-corrected chi connectivity index (χ2v) is 9.01. The summed E-state index contributed by atoms with van der Waals surface area (Å²) in [4.78, 5) is 0. The van der Waals surface area contributed by atoms with Crippen molar-refractivity contribution >= 4 is 48.2 Å². The van der Waals surface area contributed by atoms with Gasteiger partial charge in [0.2, 0.25) is 0 Å². The fourth-order valence-electron chi connectivity index (χ4n) is 5.39. The van der Waals surface area contributed by atoms with Gasteiger partial charge in [0.05, 0.1) is 0 Å². The van der Waals surface area contributed by atoms with Gasteiger partial charge in [-0.1, -0.05) is 103 Å². The van der Waals surface area contributed by atoms with E-state index >= 15 is 0 Å². The van der Waals surface area contributed by atoms with Gasteiger partial charge in [0, 0.05) is 4.47 Å². The van der Waals surface area contributed by atoms with Crippen molar-refractivity contribution in [2.45, 2.75) is 0 Å². The molecule has 31 heavy (non-hydrogen) atoms. The first-order chi connectivity index (χ1) is 15.3. The van der Waals surface area contributed by atoms with Crippen LogP contribution in [0.3, 0.4) is 0 Å². The molecular weight excluding hydrogens is 440 g/mol. The monoisotopic (exact) mass is 456 g/mol. The minimum Gasteiger partial charge on any atom is -0.0616 e. The Kier molecular flexibility index (Phi) is 3.51. The Hall–Kier alpha value is -3.42. The van der Waals surface area contributed by atoms with Crippen molar-refractivity contribution in [3.05, 3.63) is 108 Å². The van der Waals surface area contributed by atoms with Gasteiger partial charge >= 0.3 is 0 Å². The molecule has 0 aromatic heterocycles. The molecule has 0 fully saturated rings. The quantitative estimate of drug-likeness (QED) is 0.216. The average Bonchev–Trinajstić information content (AvgIpc) is 3.16. The molecule has 144 valence electrons. The van der Waals surface area contributed by atoms with Crippen LogP contribution in [0.5, 0.6) is 0 Å². The van der Waals surface area contributed by atoms with Crippen molar-refractivity contribution in [1.82, 2.24) is 0 Å². The topological polar surface area (TPSA) is 0 Å². The molecule has 0 N–H and O–H groups in total. The van der Waals surface area contributed by atoms with E-state index < -0.39 is 0 Å². The van der Waals surface area contributed by atoms with Gasteiger partial charge in [-0.3, -0.25) is 0 Å². The molecule has 6 aromatic rings. The molecule has 1 heteroatoms. The maximum atomic E-state index is 3.89. The van der Waals surface area contributed by atoms with Crippen LogP contribution < -0.4 is 0 Å². The Morgan fingerprint density at radius 1 is 0.355 bits per heavy atom. The standard InChI is InChI=1S/C30H17Br/c31-30-26-12-5-3-10-22(26)29(23-11-4-6-13-27(23)30)25-17-16-24-19-9-2-1-8-18(19)20-14-7-15-21(25)28(20)24/h1-17H. The summed E-state index contributed by atoms with van der Waals surface area (Å²) in [7, 11) is 0. The number of benzene rings is 6. The van der Waals surface area contributed by atoms with Gasteiger partial charge < -0.3 is 0 Å². The molecule has 0 heterocycles. The summed E-state index contributed by atoms with van der Waals surface area (Å²) < 4.78 is 1.17. The lowest BCUT2D eigenvalue weighted by atomic mass is 9.88. The largest absolute Gasteiger partial charge is 0.0616 e. The molecule has 0 saturated heterocycles. The minimum atomic E-state index is 1.17. The van der Waals surface area contributed by atoms with Crippen LogP contribution >= 0.6 is 15.9 Å².